The maximum absolute atomic E-state index is 12.7. The molecule has 0 radical (unpaired) electrons. The van der Waals surface area contributed by atoms with E-state index in [-0.39, 0.29) is 37.9 Å². The average Bonchev–Trinajstić information content (AvgIpc) is 2.78. The van der Waals surface area contributed by atoms with Crippen LogP contribution in [0.4, 0.5) is 0 Å². The second-order valence-electron chi connectivity index (χ2n) is 7.52. The number of aliphatic carboxylic acids is 1. The summed E-state index contributed by atoms with van der Waals surface area (Å²) in [7, 11) is 0. The SMILES string of the molecule is CSCCC(N)C(=O)NC(CCCN=C(N)N)C(=O)NCC(=O)NC(CCCN=C(N)N)C(=O)O. The molecular weight excluding hydrogens is 480 g/mol. The Hall–Kier alpha value is -3.27. The number of carbonyl (C=O) groups excluding carboxylic acids is 3. The number of carbonyl (C=O) groups is 4. The zero-order chi connectivity index (χ0) is 26.8. The first kappa shape index (κ1) is 31.7. The van der Waals surface area contributed by atoms with Gasteiger partial charge in [-0.3, -0.25) is 24.4 Å². The van der Waals surface area contributed by atoms with E-state index in [0.29, 0.717) is 25.0 Å². The molecule has 0 bridgehead atoms. The van der Waals surface area contributed by atoms with Gasteiger partial charge in [0.25, 0.3) is 0 Å². The van der Waals surface area contributed by atoms with Crippen molar-refractivity contribution in [1.29, 1.82) is 0 Å². The number of amides is 3. The minimum Gasteiger partial charge on any atom is -0.480 e. The highest BCUT2D eigenvalue weighted by Gasteiger charge is 2.25. The molecule has 3 atom stereocenters. The molecule has 0 aromatic rings. The van der Waals surface area contributed by atoms with Gasteiger partial charge in [0.05, 0.1) is 12.6 Å². The third kappa shape index (κ3) is 16.1. The number of nitrogens with one attached hydrogen (secondary N) is 3. The van der Waals surface area contributed by atoms with Crippen LogP contribution >= 0.6 is 11.8 Å². The molecule has 15 nitrogen and oxygen atoms in total. The molecule has 0 rings (SSSR count). The van der Waals surface area contributed by atoms with Crippen LogP contribution in [0.25, 0.3) is 0 Å². The summed E-state index contributed by atoms with van der Waals surface area (Å²) in [4.78, 5) is 56.2. The lowest BCUT2D eigenvalue weighted by molar-refractivity contribution is -0.142. The van der Waals surface area contributed by atoms with Crippen molar-refractivity contribution >= 4 is 47.4 Å². The topological polar surface area (TPSA) is 279 Å². The fraction of sp³-hybridized carbons (Fsp3) is 0.684. The summed E-state index contributed by atoms with van der Waals surface area (Å²) in [6, 6.07) is -2.97. The fourth-order valence-electron chi connectivity index (χ4n) is 2.72. The van der Waals surface area contributed by atoms with Crippen molar-refractivity contribution in [2.24, 2.45) is 38.7 Å². The lowest BCUT2D eigenvalue weighted by atomic mass is 10.1. The predicted octanol–water partition coefficient (Wildman–Crippen LogP) is -3.66. The summed E-state index contributed by atoms with van der Waals surface area (Å²) < 4.78 is 0. The van der Waals surface area contributed by atoms with Crippen molar-refractivity contribution in [3.63, 3.8) is 0 Å². The number of thioether (sulfide) groups is 1. The smallest absolute Gasteiger partial charge is 0.326 e. The van der Waals surface area contributed by atoms with E-state index in [4.69, 9.17) is 28.7 Å². The largest absolute Gasteiger partial charge is 0.480 e. The molecule has 0 aromatic heterocycles. The molecule has 0 aliphatic heterocycles. The number of hydrogen-bond acceptors (Lipinski definition) is 8. The van der Waals surface area contributed by atoms with Gasteiger partial charge in [-0.15, -0.1) is 0 Å². The Kier molecular flexibility index (Phi) is 16.4. The van der Waals surface area contributed by atoms with Gasteiger partial charge in [0, 0.05) is 13.1 Å². The molecule has 0 saturated carbocycles. The van der Waals surface area contributed by atoms with Gasteiger partial charge in [-0.05, 0) is 44.1 Å². The molecule has 14 N–H and O–H groups in total. The van der Waals surface area contributed by atoms with Crippen LogP contribution in [-0.2, 0) is 19.2 Å². The highest BCUT2D eigenvalue weighted by Crippen LogP contribution is 2.03. The van der Waals surface area contributed by atoms with Gasteiger partial charge < -0.3 is 49.7 Å². The molecule has 0 aliphatic carbocycles. The number of carboxylic acid groups (broad SMARTS) is 1. The summed E-state index contributed by atoms with van der Waals surface area (Å²) in [5, 5.41) is 16.6. The van der Waals surface area contributed by atoms with Crippen LogP contribution in [0, 0.1) is 0 Å². The van der Waals surface area contributed by atoms with Gasteiger partial charge in [-0.1, -0.05) is 0 Å². The van der Waals surface area contributed by atoms with Gasteiger partial charge in [-0.25, -0.2) is 4.79 Å². The molecular formula is C19H38N10O5S. The first-order chi connectivity index (χ1) is 16.5. The van der Waals surface area contributed by atoms with Gasteiger partial charge in [0.2, 0.25) is 17.7 Å². The van der Waals surface area contributed by atoms with E-state index >= 15 is 0 Å². The molecule has 16 heteroatoms. The fourth-order valence-corrected chi connectivity index (χ4v) is 3.21. The standard InChI is InChI=1S/C19H38N10O5S/c1-35-9-6-11(20)15(31)29-12(4-2-7-25-18(21)22)16(32)27-10-14(30)28-13(17(33)34)5-3-8-26-19(23)24/h11-13H,2-10,20H2,1H3,(H,27,32)(H,28,30)(H,29,31)(H,33,34)(H4,21,22,25)(H4,23,24,26). The minimum atomic E-state index is -1.24. The molecule has 200 valence electrons. The van der Waals surface area contributed by atoms with E-state index in [9.17, 15) is 24.3 Å². The van der Waals surface area contributed by atoms with E-state index in [1.165, 1.54) is 11.8 Å². The summed E-state index contributed by atoms with van der Waals surface area (Å²) in [6.45, 7) is -0.0461. The van der Waals surface area contributed by atoms with Gasteiger partial charge in [0.1, 0.15) is 12.1 Å². The third-order valence-electron chi connectivity index (χ3n) is 4.55. The molecule has 0 fully saturated rings. The summed E-state index contributed by atoms with van der Waals surface area (Å²) >= 11 is 1.54. The number of carboxylic acids is 1. The lowest BCUT2D eigenvalue weighted by Crippen LogP contribution is -2.53. The van der Waals surface area contributed by atoms with Crippen LogP contribution in [0.1, 0.15) is 32.1 Å². The maximum atomic E-state index is 12.7. The highest BCUT2D eigenvalue weighted by molar-refractivity contribution is 7.98. The third-order valence-corrected chi connectivity index (χ3v) is 5.19. The second kappa shape index (κ2) is 18.1. The molecule has 3 amide bonds. The van der Waals surface area contributed by atoms with E-state index in [1.807, 2.05) is 6.26 Å². The van der Waals surface area contributed by atoms with Crippen molar-refractivity contribution in [3.05, 3.63) is 0 Å². The molecule has 0 heterocycles. The quantitative estimate of drug-likeness (QED) is 0.0484. The van der Waals surface area contributed by atoms with Crippen LogP contribution in [0.2, 0.25) is 0 Å². The van der Waals surface area contributed by atoms with Crippen molar-refractivity contribution < 1.29 is 24.3 Å². The molecule has 35 heavy (non-hydrogen) atoms. The minimum absolute atomic E-state index is 0.0865. The number of nitrogens with two attached hydrogens (primary N) is 5. The first-order valence-electron chi connectivity index (χ1n) is 10.9. The van der Waals surface area contributed by atoms with Gasteiger partial charge >= 0.3 is 5.97 Å². The van der Waals surface area contributed by atoms with Crippen molar-refractivity contribution in [3.8, 4) is 0 Å². The maximum Gasteiger partial charge on any atom is 0.326 e. The van der Waals surface area contributed by atoms with E-state index in [1.54, 1.807) is 0 Å². The van der Waals surface area contributed by atoms with Crippen LogP contribution in [0.3, 0.4) is 0 Å². The first-order valence-corrected chi connectivity index (χ1v) is 12.3. The number of hydrogen-bond donors (Lipinski definition) is 9. The molecule has 0 aromatic carbocycles. The summed E-state index contributed by atoms with van der Waals surface area (Å²) in [6.07, 6.45) is 3.28. The zero-order valence-electron chi connectivity index (χ0n) is 19.9. The number of rotatable bonds is 18. The monoisotopic (exact) mass is 518 g/mol. The van der Waals surface area contributed by atoms with Crippen LogP contribution in [-0.4, -0.2) is 90.5 Å². The zero-order valence-corrected chi connectivity index (χ0v) is 20.7. The van der Waals surface area contributed by atoms with Crippen molar-refractivity contribution in [2.75, 3.05) is 31.6 Å². The normalized spacial score (nSPS) is 13.0. The van der Waals surface area contributed by atoms with E-state index in [0.717, 1.165) is 0 Å². The van der Waals surface area contributed by atoms with E-state index in [2.05, 4.69) is 25.9 Å². The molecule has 0 aliphatic rings. The van der Waals surface area contributed by atoms with Crippen LogP contribution < -0.4 is 44.6 Å². The number of nitrogens with zero attached hydrogens (tertiary/aromatic N) is 2. The van der Waals surface area contributed by atoms with E-state index < -0.39 is 48.4 Å². The summed E-state index contributed by atoms with van der Waals surface area (Å²) in [5.41, 5.74) is 26.9. The Bertz CT molecular complexity index is 756. The number of aliphatic imine (C=N–C) groups is 2. The highest BCUT2D eigenvalue weighted by atomic mass is 32.2. The summed E-state index contributed by atoms with van der Waals surface area (Å²) in [5.74, 6) is -2.63. The lowest BCUT2D eigenvalue weighted by Gasteiger charge is -2.21. The van der Waals surface area contributed by atoms with Crippen molar-refractivity contribution in [1.82, 2.24) is 16.0 Å². The molecule has 0 spiro atoms. The van der Waals surface area contributed by atoms with Crippen molar-refractivity contribution in [2.45, 2.75) is 50.2 Å². The Morgan fingerprint density at radius 2 is 1.40 bits per heavy atom. The Morgan fingerprint density at radius 1 is 0.857 bits per heavy atom. The Balaban J connectivity index is 4.92. The Labute approximate surface area is 208 Å². The second-order valence-corrected chi connectivity index (χ2v) is 8.51. The Morgan fingerprint density at radius 3 is 1.89 bits per heavy atom. The predicted molar refractivity (Wildman–Crippen MR) is 135 cm³/mol. The molecule has 0 saturated heterocycles. The van der Waals surface area contributed by atoms with Gasteiger partial charge in [0.15, 0.2) is 11.9 Å². The molecule has 3 unspecified atom stereocenters. The van der Waals surface area contributed by atoms with Crippen LogP contribution in [0.15, 0.2) is 9.98 Å². The average molecular weight is 519 g/mol. The van der Waals surface area contributed by atoms with Gasteiger partial charge in [-0.2, -0.15) is 11.8 Å². The van der Waals surface area contributed by atoms with Crippen LogP contribution in [0.5, 0.6) is 0 Å². The number of guanidine groups is 2.